The van der Waals surface area contributed by atoms with E-state index in [4.69, 9.17) is 5.73 Å². The van der Waals surface area contributed by atoms with E-state index in [9.17, 15) is 10.1 Å². The van der Waals surface area contributed by atoms with Crippen molar-refractivity contribution in [2.45, 2.75) is 33.0 Å². The van der Waals surface area contributed by atoms with Gasteiger partial charge in [0.15, 0.2) is 0 Å². The van der Waals surface area contributed by atoms with E-state index in [0.717, 1.165) is 39.8 Å². The van der Waals surface area contributed by atoms with Crippen LogP contribution in [0.25, 0.3) is 11.1 Å². The number of benzene rings is 3. The minimum Gasteiger partial charge on any atom is -0.350 e. The minimum absolute atomic E-state index is 0.0853. The molecule has 0 saturated carbocycles. The molecule has 1 aliphatic rings. The number of hydrogen-bond acceptors (Lipinski definition) is 7. The summed E-state index contributed by atoms with van der Waals surface area (Å²) >= 11 is 0. The van der Waals surface area contributed by atoms with Crippen molar-refractivity contribution in [1.29, 1.82) is 0 Å². The first-order chi connectivity index (χ1) is 17.5. The number of rotatable bonds is 7. The highest BCUT2D eigenvalue weighted by molar-refractivity contribution is 5.69. The first-order valence-corrected chi connectivity index (χ1v) is 12.0. The lowest BCUT2D eigenvalue weighted by molar-refractivity contribution is -0.384. The summed E-state index contributed by atoms with van der Waals surface area (Å²) in [6.45, 7) is 4.33. The molecule has 36 heavy (non-hydrogen) atoms. The van der Waals surface area contributed by atoms with E-state index in [-0.39, 0.29) is 5.69 Å². The van der Waals surface area contributed by atoms with Crippen LogP contribution in [-0.4, -0.2) is 21.4 Å². The van der Waals surface area contributed by atoms with E-state index in [0.29, 0.717) is 37.9 Å². The molecule has 3 N–H and O–H groups in total. The summed E-state index contributed by atoms with van der Waals surface area (Å²) in [6.07, 6.45) is 2.12. The molecule has 3 aromatic carbocycles. The maximum atomic E-state index is 11.7. The van der Waals surface area contributed by atoms with Crippen LogP contribution in [0.3, 0.4) is 0 Å². The van der Waals surface area contributed by atoms with Crippen molar-refractivity contribution in [1.82, 2.24) is 9.97 Å². The smallest absolute Gasteiger partial charge is 0.329 e. The fraction of sp³-hybridized carbons (Fsp3) is 0.214. The molecule has 5 rings (SSSR count). The Morgan fingerprint density at radius 3 is 2.69 bits per heavy atom. The molecule has 2 heterocycles. The van der Waals surface area contributed by atoms with E-state index < -0.39 is 4.92 Å². The van der Waals surface area contributed by atoms with Crippen LogP contribution < -0.4 is 16.0 Å². The average molecular weight is 481 g/mol. The van der Waals surface area contributed by atoms with Gasteiger partial charge in [0.05, 0.1) is 4.92 Å². The molecule has 1 aromatic heterocycles. The number of anilines is 2. The van der Waals surface area contributed by atoms with Gasteiger partial charge in [-0.15, -0.1) is 0 Å². The standard InChI is InChI=1S/C28H28N6O2/c1-19-23(10-5-11-25(19)22-9-4-6-20(14-22)15-29)16-30-28-31-17-26(34(35)36)27(32-28)33-13-12-21-7-2-3-8-24(21)18-33/h2-11,14,17H,12-13,15-16,18,29H2,1H3,(H,30,31,32). The molecule has 0 atom stereocenters. The molecule has 8 nitrogen and oxygen atoms in total. The van der Waals surface area contributed by atoms with Gasteiger partial charge >= 0.3 is 5.69 Å². The van der Waals surface area contributed by atoms with Crippen molar-refractivity contribution in [3.05, 3.63) is 111 Å². The van der Waals surface area contributed by atoms with Crippen LogP contribution in [-0.2, 0) is 26.1 Å². The minimum atomic E-state index is -0.414. The Morgan fingerprint density at radius 1 is 1.08 bits per heavy atom. The van der Waals surface area contributed by atoms with Crippen LogP contribution in [0.15, 0.2) is 72.9 Å². The van der Waals surface area contributed by atoms with Gasteiger partial charge in [-0.3, -0.25) is 10.1 Å². The van der Waals surface area contributed by atoms with Gasteiger partial charge in [0, 0.05) is 26.2 Å². The summed E-state index contributed by atoms with van der Waals surface area (Å²) < 4.78 is 0. The summed E-state index contributed by atoms with van der Waals surface area (Å²) in [4.78, 5) is 22.1. The van der Waals surface area contributed by atoms with Gasteiger partial charge in [0.1, 0.15) is 6.20 Å². The fourth-order valence-corrected chi connectivity index (χ4v) is 4.72. The molecular weight excluding hydrogens is 452 g/mol. The molecule has 1 aliphatic heterocycles. The second kappa shape index (κ2) is 10.1. The summed E-state index contributed by atoms with van der Waals surface area (Å²) in [5.41, 5.74) is 13.8. The van der Waals surface area contributed by atoms with E-state index in [2.05, 4.69) is 58.6 Å². The van der Waals surface area contributed by atoms with Gasteiger partial charge in [0.25, 0.3) is 0 Å². The zero-order chi connectivity index (χ0) is 25.1. The third-order valence-electron chi connectivity index (χ3n) is 6.73. The lowest BCUT2D eigenvalue weighted by Crippen LogP contribution is -2.31. The molecule has 0 bridgehead atoms. The van der Waals surface area contributed by atoms with Gasteiger partial charge in [-0.05, 0) is 58.4 Å². The number of fused-ring (bicyclic) bond motifs is 1. The number of nitrogens with two attached hydrogens (primary N) is 1. The highest BCUT2D eigenvalue weighted by atomic mass is 16.6. The Balaban J connectivity index is 1.39. The highest BCUT2D eigenvalue weighted by Gasteiger charge is 2.26. The average Bonchev–Trinajstić information content (AvgIpc) is 2.92. The van der Waals surface area contributed by atoms with Crippen LogP contribution >= 0.6 is 0 Å². The predicted molar refractivity (Wildman–Crippen MR) is 142 cm³/mol. The Labute approximate surface area is 210 Å². The summed E-state index contributed by atoms with van der Waals surface area (Å²) in [6, 6.07) is 22.6. The molecule has 0 unspecified atom stereocenters. The predicted octanol–water partition coefficient (Wildman–Crippen LogP) is 4.99. The first-order valence-electron chi connectivity index (χ1n) is 12.0. The molecule has 8 heteroatoms. The van der Waals surface area contributed by atoms with Crippen molar-refractivity contribution >= 4 is 17.5 Å². The monoisotopic (exact) mass is 480 g/mol. The Kier molecular flexibility index (Phi) is 6.60. The van der Waals surface area contributed by atoms with Gasteiger partial charge in [-0.1, -0.05) is 60.7 Å². The number of nitro groups is 1. The molecule has 0 amide bonds. The van der Waals surface area contributed by atoms with Crippen LogP contribution in [0.5, 0.6) is 0 Å². The van der Waals surface area contributed by atoms with Gasteiger partial charge in [-0.2, -0.15) is 4.98 Å². The van der Waals surface area contributed by atoms with Crippen molar-refractivity contribution in [3.8, 4) is 11.1 Å². The number of hydrogen-bond donors (Lipinski definition) is 2. The third-order valence-corrected chi connectivity index (χ3v) is 6.73. The van der Waals surface area contributed by atoms with Crippen LogP contribution in [0.1, 0.15) is 27.8 Å². The molecule has 0 saturated heterocycles. The number of aromatic nitrogens is 2. The maximum Gasteiger partial charge on any atom is 0.329 e. The van der Waals surface area contributed by atoms with Crippen LogP contribution in [0, 0.1) is 17.0 Å². The van der Waals surface area contributed by atoms with Crippen molar-refractivity contribution in [2.24, 2.45) is 5.73 Å². The lowest BCUT2D eigenvalue weighted by Gasteiger charge is -2.29. The Hall–Kier alpha value is -4.30. The lowest BCUT2D eigenvalue weighted by atomic mass is 9.95. The second-order valence-corrected chi connectivity index (χ2v) is 8.95. The molecule has 0 fully saturated rings. The normalized spacial score (nSPS) is 12.8. The summed E-state index contributed by atoms with van der Waals surface area (Å²) in [5, 5.41) is 15.0. The Bertz CT molecular complexity index is 1420. The zero-order valence-electron chi connectivity index (χ0n) is 20.1. The summed E-state index contributed by atoms with van der Waals surface area (Å²) in [7, 11) is 0. The SMILES string of the molecule is Cc1c(CNc2ncc([N+](=O)[O-])c(N3CCc4ccccc4C3)n2)cccc1-c1cccc(CN)c1. The Morgan fingerprint density at radius 2 is 1.89 bits per heavy atom. The van der Waals surface area contributed by atoms with Gasteiger partial charge in [-0.25, -0.2) is 4.98 Å². The van der Waals surface area contributed by atoms with Crippen molar-refractivity contribution < 1.29 is 4.92 Å². The van der Waals surface area contributed by atoms with Crippen molar-refractivity contribution in [2.75, 3.05) is 16.8 Å². The molecular formula is C28H28N6O2. The van der Waals surface area contributed by atoms with Gasteiger partial charge in [0.2, 0.25) is 11.8 Å². The third kappa shape index (κ3) is 4.76. The second-order valence-electron chi connectivity index (χ2n) is 8.95. The van der Waals surface area contributed by atoms with Crippen molar-refractivity contribution in [3.63, 3.8) is 0 Å². The molecule has 0 radical (unpaired) electrons. The zero-order valence-corrected chi connectivity index (χ0v) is 20.1. The van der Waals surface area contributed by atoms with E-state index in [1.165, 1.54) is 11.8 Å². The number of nitrogens with one attached hydrogen (secondary N) is 1. The molecule has 0 spiro atoms. The molecule has 4 aromatic rings. The quantitative estimate of drug-likeness (QED) is 0.283. The highest BCUT2D eigenvalue weighted by Crippen LogP contribution is 2.31. The molecule has 182 valence electrons. The van der Waals surface area contributed by atoms with Gasteiger partial charge < -0.3 is 16.0 Å². The van der Waals surface area contributed by atoms with Crippen LogP contribution in [0.4, 0.5) is 17.5 Å². The van der Waals surface area contributed by atoms with E-state index in [1.807, 2.05) is 35.2 Å². The van der Waals surface area contributed by atoms with E-state index in [1.54, 1.807) is 0 Å². The molecule has 0 aliphatic carbocycles. The number of nitrogens with zero attached hydrogens (tertiary/aromatic N) is 4. The fourth-order valence-electron chi connectivity index (χ4n) is 4.72. The largest absolute Gasteiger partial charge is 0.350 e. The van der Waals surface area contributed by atoms with Crippen LogP contribution in [0.2, 0.25) is 0 Å². The maximum absolute atomic E-state index is 11.7. The first kappa shape index (κ1) is 23.4. The van der Waals surface area contributed by atoms with E-state index >= 15 is 0 Å². The topological polar surface area (TPSA) is 110 Å². The summed E-state index contributed by atoms with van der Waals surface area (Å²) in [5.74, 6) is 0.709.